The number of nitrogens with zero attached hydrogens (tertiary/aromatic N) is 4. The number of fused-ring (bicyclic) bond motifs is 1. The van der Waals surface area contributed by atoms with Crippen molar-refractivity contribution in [2.75, 3.05) is 46.9 Å². The van der Waals surface area contributed by atoms with Crippen LogP contribution in [0.2, 0.25) is 0 Å². The zero-order chi connectivity index (χ0) is 27.9. The number of halogens is 2. The van der Waals surface area contributed by atoms with Crippen molar-refractivity contribution in [1.29, 1.82) is 0 Å². The standard InChI is InChI=1S/C26H29Cl2N9O2/c1-36-15-18(32-23(38)14-31-26(29)30)13-22(36)24-34-20-7-2-16(12-21(20)35-24)25(39)33-17-3-5-19(6-4-17)37(10-8-27)11-9-28/h2-7,12-13,15H,8-11,14H2,1H3,(H,32,38)(H,33,39)(H,34,35)(H4,29,30,31). The minimum absolute atomic E-state index is 0.153. The molecule has 0 saturated carbocycles. The number of aryl methyl sites for hydroxylation is 1. The van der Waals surface area contributed by atoms with Crippen LogP contribution in [0.15, 0.2) is 59.7 Å². The molecule has 0 saturated heterocycles. The molecule has 0 fully saturated rings. The molecule has 39 heavy (non-hydrogen) atoms. The largest absolute Gasteiger partial charge is 0.370 e. The molecule has 7 N–H and O–H groups in total. The molecule has 0 aliphatic carbocycles. The second kappa shape index (κ2) is 12.5. The lowest BCUT2D eigenvalue weighted by Crippen LogP contribution is -2.27. The molecule has 2 aromatic heterocycles. The first kappa shape index (κ1) is 27.8. The van der Waals surface area contributed by atoms with Crippen LogP contribution in [0.4, 0.5) is 17.1 Å². The number of anilines is 3. The minimum Gasteiger partial charge on any atom is -0.370 e. The average Bonchev–Trinajstić information content (AvgIpc) is 3.50. The Hall–Kier alpha value is -4.22. The van der Waals surface area contributed by atoms with Crippen molar-refractivity contribution >= 4 is 69.1 Å². The Morgan fingerprint density at radius 1 is 1.03 bits per heavy atom. The van der Waals surface area contributed by atoms with Gasteiger partial charge in [0.2, 0.25) is 5.91 Å². The summed E-state index contributed by atoms with van der Waals surface area (Å²) >= 11 is 11.8. The Morgan fingerprint density at radius 3 is 2.41 bits per heavy atom. The number of imidazole rings is 1. The number of amides is 2. The predicted octanol–water partition coefficient (Wildman–Crippen LogP) is 3.32. The van der Waals surface area contributed by atoms with Gasteiger partial charge in [-0.05, 0) is 48.5 Å². The second-order valence-corrected chi connectivity index (χ2v) is 9.45. The topological polar surface area (TPSA) is 159 Å². The van der Waals surface area contributed by atoms with Crippen molar-refractivity contribution in [3.8, 4) is 11.5 Å². The van der Waals surface area contributed by atoms with Crippen molar-refractivity contribution in [3.63, 3.8) is 0 Å². The number of H-pyrrole nitrogens is 1. The number of aromatic nitrogens is 3. The molecule has 4 rings (SSSR count). The summed E-state index contributed by atoms with van der Waals surface area (Å²) in [5.41, 5.74) is 15.4. The Morgan fingerprint density at radius 2 is 1.74 bits per heavy atom. The number of nitrogens with one attached hydrogen (secondary N) is 3. The van der Waals surface area contributed by atoms with Crippen LogP contribution in [0, 0.1) is 0 Å². The summed E-state index contributed by atoms with van der Waals surface area (Å²) in [5.74, 6) is 0.830. The van der Waals surface area contributed by atoms with Crippen molar-refractivity contribution < 1.29 is 9.59 Å². The van der Waals surface area contributed by atoms with Gasteiger partial charge < -0.3 is 36.6 Å². The molecule has 2 heterocycles. The van der Waals surface area contributed by atoms with Gasteiger partial charge in [-0.15, -0.1) is 23.2 Å². The number of alkyl halides is 2. The van der Waals surface area contributed by atoms with Gasteiger partial charge in [0.15, 0.2) is 11.8 Å². The third-order valence-electron chi connectivity index (χ3n) is 5.88. The fourth-order valence-electron chi connectivity index (χ4n) is 4.04. The third-order valence-corrected chi connectivity index (χ3v) is 6.22. The molecule has 0 aliphatic rings. The first-order chi connectivity index (χ1) is 18.8. The summed E-state index contributed by atoms with van der Waals surface area (Å²) < 4.78 is 1.83. The smallest absolute Gasteiger partial charge is 0.255 e. The van der Waals surface area contributed by atoms with E-state index in [0.717, 1.165) is 11.4 Å². The van der Waals surface area contributed by atoms with Gasteiger partial charge in [0.05, 0.1) is 22.4 Å². The highest BCUT2D eigenvalue weighted by atomic mass is 35.5. The minimum atomic E-state index is -0.349. The van der Waals surface area contributed by atoms with Crippen LogP contribution in [0.25, 0.3) is 22.6 Å². The number of hydrogen-bond donors (Lipinski definition) is 5. The Labute approximate surface area is 235 Å². The molecular formula is C26H29Cl2N9O2. The van der Waals surface area contributed by atoms with E-state index in [1.807, 2.05) is 35.9 Å². The molecule has 0 atom stereocenters. The van der Waals surface area contributed by atoms with Gasteiger partial charge in [-0.3, -0.25) is 9.59 Å². The average molecular weight is 570 g/mol. The summed E-state index contributed by atoms with van der Waals surface area (Å²) in [6, 6.07) is 14.6. The summed E-state index contributed by atoms with van der Waals surface area (Å²) in [7, 11) is 1.84. The van der Waals surface area contributed by atoms with E-state index in [0.29, 0.717) is 58.6 Å². The van der Waals surface area contributed by atoms with Crippen molar-refractivity contribution in [2.45, 2.75) is 0 Å². The number of rotatable bonds is 11. The summed E-state index contributed by atoms with van der Waals surface area (Å²) in [5, 5.41) is 5.67. The van der Waals surface area contributed by atoms with E-state index >= 15 is 0 Å². The van der Waals surface area contributed by atoms with Gasteiger partial charge >= 0.3 is 0 Å². The maximum absolute atomic E-state index is 13.0. The quantitative estimate of drug-likeness (QED) is 0.106. The van der Waals surface area contributed by atoms with Crippen LogP contribution in [-0.2, 0) is 11.8 Å². The summed E-state index contributed by atoms with van der Waals surface area (Å²) in [6.07, 6.45) is 1.75. The lowest BCUT2D eigenvalue weighted by molar-refractivity contribution is -0.114. The van der Waals surface area contributed by atoms with Crippen LogP contribution < -0.4 is 27.0 Å². The van der Waals surface area contributed by atoms with Crippen LogP contribution >= 0.6 is 23.2 Å². The molecule has 2 amide bonds. The lowest BCUT2D eigenvalue weighted by atomic mass is 10.2. The molecule has 204 valence electrons. The van der Waals surface area contributed by atoms with Gasteiger partial charge in [-0.25, -0.2) is 9.98 Å². The monoisotopic (exact) mass is 569 g/mol. The maximum atomic E-state index is 13.0. The van der Waals surface area contributed by atoms with E-state index in [2.05, 4.69) is 30.5 Å². The van der Waals surface area contributed by atoms with E-state index in [4.69, 9.17) is 34.7 Å². The molecule has 0 radical (unpaired) electrons. The van der Waals surface area contributed by atoms with Gasteiger partial charge in [0.25, 0.3) is 5.91 Å². The molecule has 4 aromatic rings. The zero-order valence-electron chi connectivity index (χ0n) is 21.2. The van der Waals surface area contributed by atoms with Crippen LogP contribution in [0.3, 0.4) is 0 Å². The molecule has 11 nitrogen and oxygen atoms in total. The van der Waals surface area contributed by atoms with Crippen molar-refractivity contribution in [1.82, 2.24) is 14.5 Å². The summed E-state index contributed by atoms with van der Waals surface area (Å²) in [4.78, 5) is 38.7. The highest BCUT2D eigenvalue weighted by Gasteiger charge is 2.14. The zero-order valence-corrected chi connectivity index (χ0v) is 22.8. The first-order valence-corrected chi connectivity index (χ1v) is 13.1. The molecular weight excluding hydrogens is 541 g/mol. The maximum Gasteiger partial charge on any atom is 0.255 e. The third kappa shape index (κ3) is 7.01. The van der Waals surface area contributed by atoms with Crippen LogP contribution in [0.5, 0.6) is 0 Å². The fraction of sp³-hybridized carbons (Fsp3) is 0.231. The van der Waals surface area contributed by atoms with E-state index in [9.17, 15) is 9.59 Å². The van der Waals surface area contributed by atoms with Gasteiger partial charge in [0, 0.05) is 55.0 Å². The number of aromatic amines is 1. The number of carbonyl (C=O) groups is 2. The Balaban J connectivity index is 1.47. The number of aliphatic imine (C=N–C) groups is 1. The van der Waals surface area contributed by atoms with E-state index in [1.54, 1.807) is 30.5 Å². The van der Waals surface area contributed by atoms with E-state index in [-0.39, 0.29) is 24.3 Å². The Kier molecular flexibility index (Phi) is 8.95. The lowest BCUT2D eigenvalue weighted by Gasteiger charge is -2.23. The molecule has 0 aliphatic heterocycles. The molecule has 0 bridgehead atoms. The van der Waals surface area contributed by atoms with E-state index < -0.39 is 0 Å². The predicted molar refractivity (Wildman–Crippen MR) is 158 cm³/mol. The van der Waals surface area contributed by atoms with Gasteiger partial charge in [0.1, 0.15) is 6.54 Å². The molecule has 0 unspecified atom stereocenters. The van der Waals surface area contributed by atoms with Crippen molar-refractivity contribution in [3.05, 3.63) is 60.3 Å². The van der Waals surface area contributed by atoms with Crippen LogP contribution in [-0.4, -0.2) is 63.7 Å². The normalized spacial score (nSPS) is 10.8. The van der Waals surface area contributed by atoms with Crippen LogP contribution in [0.1, 0.15) is 10.4 Å². The second-order valence-electron chi connectivity index (χ2n) is 8.70. The first-order valence-electron chi connectivity index (χ1n) is 12.1. The molecule has 0 spiro atoms. The number of benzene rings is 2. The highest BCUT2D eigenvalue weighted by Crippen LogP contribution is 2.25. The molecule has 13 heteroatoms. The Bertz CT molecular complexity index is 1490. The highest BCUT2D eigenvalue weighted by molar-refractivity contribution is 6.18. The number of guanidine groups is 1. The number of carbonyl (C=O) groups excluding carboxylic acids is 2. The summed E-state index contributed by atoms with van der Waals surface area (Å²) in [6.45, 7) is 1.20. The molecule has 2 aromatic carbocycles. The van der Waals surface area contributed by atoms with Crippen molar-refractivity contribution in [2.24, 2.45) is 23.5 Å². The number of nitrogens with two attached hydrogens (primary N) is 2. The number of hydrogen-bond acceptors (Lipinski definition) is 5. The van der Waals surface area contributed by atoms with Gasteiger partial charge in [-0.2, -0.15) is 0 Å². The van der Waals surface area contributed by atoms with E-state index in [1.165, 1.54) is 0 Å². The fourth-order valence-corrected chi connectivity index (χ4v) is 4.45. The SMILES string of the molecule is Cn1cc(NC(=O)CN=C(N)N)cc1-c1nc2ccc(C(=O)Nc3ccc(N(CCCl)CCCl)cc3)cc2[nH]1. The van der Waals surface area contributed by atoms with Gasteiger partial charge in [-0.1, -0.05) is 0 Å².